The van der Waals surface area contributed by atoms with Crippen LogP contribution >= 0.6 is 0 Å². The summed E-state index contributed by atoms with van der Waals surface area (Å²) in [6.45, 7) is 0. The lowest BCUT2D eigenvalue weighted by molar-refractivity contribution is -0.137. The Bertz CT molecular complexity index is 1460. The zero-order chi connectivity index (χ0) is 24.5. The molecule has 0 radical (unpaired) electrons. The number of benzene rings is 3. The molecule has 2 aromatic heterocycles. The minimum absolute atomic E-state index is 0.204. The van der Waals surface area contributed by atoms with E-state index in [1.54, 1.807) is 12.1 Å². The fourth-order valence-corrected chi connectivity index (χ4v) is 4.06. The molecule has 0 aliphatic rings. The average molecular weight is 488 g/mol. The van der Waals surface area contributed by atoms with Gasteiger partial charge in [0.05, 0.1) is 5.56 Å². The molecule has 0 unspecified atom stereocenters. The number of aromatic amines is 2. The van der Waals surface area contributed by atoms with E-state index in [1.165, 1.54) is 0 Å². The van der Waals surface area contributed by atoms with Crippen molar-refractivity contribution in [2.75, 3.05) is 0 Å². The van der Waals surface area contributed by atoms with Crippen LogP contribution in [0, 0.1) is 0 Å². The molecule has 176 valence electrons. The Morgan fingerprint density at radius 1 is 0.706 bits per heavy atom. The summed E-state index contributed by atoms with van der Waals surface area (Å²) in [6, 6.07) is 21.4. The van der Waals surface area contributed by atoms with E-state index in [0.717, 1.165) is 50.6 Å². The Hall–Kier alpha value is -3.60. The number of nitrogens with one attached hydrogen (secondary N) is 2. The molecule has 34 heavy (non-hydrogen) atoms. The molecule has 0 aliphatic heterocycles. The Morgan fingerprint density at radius 3 is 1.53 bits per heavy atom. The molecule has 5 aromatic rings. The lowest BCUT2D eigenvalue weighted by Crippen LogP contribution is -2.07. The molecular formula is C24H19F3N2O4S. The van der Waals surface area contributed by atoms with E-state index in [-0.39, 0.29) is 5.92 Å². The maximum Gasteiger partial charge on any atom is 0.416 e. The maximum absolute atomic E-state index is 13.1. The number of H-pyrrole nitrogens is 2. The van der Waals surface area contributed by atoms with Gasteiger partial charge in [0.25, 0.3) is 0 Å². The van der Waals surface area contributed by atoms with Gasteiger partial charge in [0.1, 0.15) is 0 Å². The van der Waals surface area contributed by atoms with E-state index in [4.69, 9.17) is 17.5 Å². The minimum atomic E-state index is -4.67. The third kappa shape index (κ3) is 5.14. The van der Waals surface area contributed by atoms with Crippen molar-refractivity contribution in [3.8, 4) is 0 Å². The smallest absolute Gasteiger partial charge is 0.361 e. The van der Waals surface area contributed by atoms with Crippen LogP contribution in [0.2, 0.25) is 0 Å². The van der Waals surface area contributed by atoms with E-state index >= 15 is 0 Å². The van der Waals surface area contributed by atoms with Crippen LogP contribution in [0.4, 0.5) is 13.2 Å². The molecule has 2 heterocycles. The maximum atomic E-state index is 13.1. The molecule has 0 amide bonds. The highest BCUT2D eigenvalue weighted by molar-refractivity contribution is 7.79. The first-order valence-electron chi connectivity index (χ1n) is 10.0. The number of para-hydroxylation sites is 2. The molecule has 5 rings (SSSR count). The highest BCUT2D eigenvalue weighted by Crippen LogP contribution is 2.40. The second kappa shape index (κ2) is 8.98. The van der Waals surface area contributed by atoms with E-state index in [1.807, 2.05) is 60.9 Å². The summed E-state index contributed by atoms with van der Waals surface area (Å²) in [5, 5.41) is 2.12. The molecule has 0 bridgehead atoms. The highest BCUT2D eigenvalue weighted by atomic mass is 32.3. The second-order valence-corrected chi connectivity index (χ2v) is 8.48. The van der Waals surface area contributed by atoms with Gasteiger partial charge in [-0.3, -0.25) is 9.11 Å². The van der Waals surface area contributed by atoms with E-state index in [9.17, 15) is 13.2 Å². The van der Waals surface area contributed by atoms with Gasteiger partial charge in [0, 0.05) is 40.1 Å². The molecule has 0 fully saturated rings. The van der Waals surface area contributed by atoms with Gasteiger partial charge in [-0.2, -0.15) is 21.6 Å². The molecule has 4 N–H and O–H groups in total. The van der Waals surface area contributed by atoms with Crippen molar-refractivity contribution in [2.45, 2.75) is 12.1 Å². The molecule has 3 aromatic carbocycles. The van der Waals surface area contributed by atoms with Gasteiger partial charge in [0.15, 0.2) is 0 Å². The quantitative estimate of drug-likeness (QED) is 0.227. The molecule has 0 aliphatic carbocycles. The van der Waals surface area contributed by atoms with Crippen LogP contribution in [0.3, 0.4) is 0 Å². The van der Waals surface area contributed by atoms with Gasteiger partial charge in [0.2, 0.25) is 0 Å². The van der Waals surface area contributed by atoms with E-state index in [0.29, 0.717) is 0 Å². The van der Waals surface area contributed by atoms with Crippen LogP contribution in [-0.4, -0.2) is 27.5 Å². The first-order valence-corrected chi connectivity index (χ1v) is 11.4. The van der Waals surface area contributed by atoms with E-state index in [2.05, 4.69) is 9.97 Å². The van der Waals surface area contributed by atoms with Gasteiger partial charge in [-0.25, -0.2) is 0 Å². The number of hydrogen-bond donors (Lipinski definition) is 4. The predicted octanol–water partition coefficient (Wildman–Crippen LogP) is 6.20. The van der Waals surface area contributed by atoms with Crippen molar-refractivity contribution in [3.63, 3.8) is 0 Å². The van der Waals surface area contributed by atoms with Gasteiger partial charge < -0.3 is 9.97 Å². The topological polar surface area (TPSA) is 106 Å². The fraction of sp³-hybridized carbons (Fsp3) is 0.0833. The minimum Gasteiger partial charge on any atom is -0.361 e. The molecule has 0 atom stereocenters. The van der Waals surface area contributed by atoms with Crippen LogP contribution in [0.1, 0.15) is 28.2 Å². The van der Waals surface area contributed by atoms with Crippen molar-refractivity contribution >= 4 is 32.2 Å². The summed E-state index contributed by atoms with van der Waals surface area (Å²) in [7, 11) is -4.67. The average Bonchev–Trinajstić information content (AvgIpc) is 3.38. The summed E-state index contributed by atoms with van der Waals surface area (Å²) >= 11 is 0. The Labute approximate surface area is 192 Å². The van der Waals surface area contributed by atoms with Gasteiger partial charge in [-0.15, -0.1) is 0 Å². The zero-order valence-electron chi connectivity index (χ0n) is 17.4. The lowest BCUT2D eigenvalue weighted by atomic mass is 9.84. The van der Waals surface area contributed by atoms with Crippen LogP contribution in [-0.2, 0) is 16.6 Å². The summed E-state index contributed by atoms with van der Waals surface area (Å²) in [5.41, 5.74) is 4.24. The molecule has 0 saturated carbocycles. The summed E-state index contributed by atoms with van der Waals surface area (Å²) in [5.74, 6) is -0.204. The first kappa shape index (κ1) is 23.6. The normalized spacial score (nSPS) is 12.2. The molecule has 10 heteroatoms. The lowest BCUT2D eigenvalue weighted by Gasteiger charge is -2.18. The molecule has 0 saturated heterocycles. The largest absolute Gasteiger partial charge is 0.416 e. The molecule has 6 nitrogen and oxygen atoms in total. The number of rotatable bonds is 3. The number of aromatic nitrogens is 2. The van der Waals surface area contributed by atoms with Gasteiger partial charge in [-0.05, 0) is 41.0 Å². The molecular weight excluding hydrogens is 469 g/mol. The number of fused-ring (bicyclic) bond motifs is 2. The summed E-state index contributed by atoms with van der Waals surface area (Å²) in [4.78, 5) is 6.59. The van der Waals surface area contributed by atoms with Gasteiger partial charge in [-0.1, -0.05) is 48.5 Å². The first-order chi connectivity index (χ1) is 16.0. The Balaban J connectivity index is 0.000000499. The number of halogens is 3. The van der Waals surface area contributed by atoms with Crippen LogP contribution in [0.5, 0.6) is 0 Å². The van der Waals surface area contributed by atoms with Crippen LogP contribution in [0.15, 0.2) is 85.2 Å². The van der Waals surface area contributed by atoms with Gasteiger partial charge >= 0.3 is 16.6 Å². The van der Waals surface area contributed by atoms with Crippen LogP contribution < -0.4 is 0 Å². The van der Waals surface area contributed by atoms with E-state index < -0.39 is 22.1 Å². The predicted molar refractivity (Wildman–Crippen MR) is 123 cm³/mol. The summed E-state index contributed by atoms with van der Waals surface area (Å²) < 4.78 is 70.8. The number of hydrogen-bond acceptors (Lipinski definition) is 2. The standard InChI is InChI=1S/C24H17F3N2.H2O4S/c25-24(26,27)16-11-9-15(10-12-16)23(19-13-28-21-7-3-1-5-17(19)21)20-14-29-22-8-4-2-6-18(20)22;1-5(2,3)4/h1-14,23,28-29H;(H2,1,2,3,4). The second-order valence-electron chi connectivity index (χ2n) is 7.58. The highest BCUT2D eigenvalue weighted by Gasteiger charge is 2.31. The van der Waals surface area contributed by atoms with Crippen molar-refractivity contribution in [2.24, 2.45) is 0 Å². The van der Waals surface area contributed by atoms with Crippen molar-refractivity contribution in [1.82, 2.24) is 9.97 Å². The fourth-order valence-electron chi connectivity index (χ4n) is 4.06. The SMILES string of the molecule is FC(F)(F)c1ccc(C(c2c[nH]c3ccccc23)c2c[nH]c3ccccc23)cc1.O=S(=O)(O)O. The summed E-state index contributed by atoms with van der Waals surface area (Å²) in [6.07, 6.45) is -0.445. The Morgan fingerprint density at radius 2 is 1.12 bits per heavy atom. The third-order valence-corrected chi connectivity index (χ3v) is 5.44. The third-order valence-electron chi connectivity index (χ3n) is 5.44. The van der Waals surface area contributed by atoms with Crippen molar-refractivity contribution in [3.05, 3.63) is 107 Å². The van der Waals surface area contributed by atoms with Crippen molar-refractivity contribution < 1.29 is 30.7 Å². The van der Waals surface area contributed by atoms with Crippen molar-refractivity contribution in [1.29, 1.82) is 0 Å². The number of alkyl halides is 3. The molecule has 0 spiro atoms. The monoisotopic (exact) mass is 488 g/mol. The van der Waals surface area contributed by atoms with Crippen LogP contribution in [0.25, 0.3) is 21.8 Å². The Kier molecular flexibility index (Phi) is 6.22. The zero-order valence-corrected chi connectivity index (χ0v) is 18.2.